The highest BCUT2D eigenvalue weighted by Gasteiger charge is 2.14. The standard InChI is InChI=1S/C12H15NO4/c1-3-8-17-12(15)10(2)5-4-6-11(14)16-9-7-13/h1,10H,4-6,8-9H2,2H3. The Bertz CT molecular complexity index is 337. The van der Waals surface area contributed by atoms with Crippen LogP contribution in [0.15, 0.2) is 0 Å². The number of hydrogen-bond acceptors (Lipinski definition) is 5. The number of terminal acetylenes is 1. The summed E-state index contributed by atoms with van der Waals surface area (Å²) in [6.45, 7) is 1.44. The Morgan fingerprint density at radius 3 is 2.65 bits per heavy atom. The number of ether oxygens (including phenoxy) is 2. The van der Waals surface area contributed by atoms with Gasteiger partial charge in [-0.25, -0.2) is 0 Å². The van der Waals surface area contributed by atoms with Gasteiger partial charge in [-0.05, 0) is 12.8 Å². The van der Waals surface area contributed by atoms with E-state index in [1.54, 1.807) is 13.0 Å². The van der Waals surface area contributed by atoms with Crippen LogP contribution in [-0.4, -0.2) is 25.2 Å². The van der Waals surface area contributed by atoms with E-state index in [2.05, 4.69) is 10.7 Å². The first-order valence-electron chi connectivity index (χ1n) is 5.24. The van der Waals surface area contributed by atoms with Crippen molar-refractivity contribution >= 4 is 11.9 Å². The summed E-state index contributed by atoms with van der Waals surface area (Å²) in [4.78, 5) is 22.3. The topological polar surface area (TPSA) is 76.4 Å². The Balaban J connectivity index is 3.67. The number of nitriles is 1. The average Bonchev–Trinajstić information content (AvgIpc) is 2.33. The fourth-order valence-corrected chi connectivity index (χ4v) is 1.11. The van der Waals surface area contributed by atoms with Crippen molar-refractivity contribution in [3.05, 3.63) is 0 Å². The van der Waals surface area contributed by atoms with Gasteiger partial charge in [-0.3, -0.25) is 9.59 Å². The van der Waals surface area contributed by atoms with Gasteiger partial charge in [-0.2, -0.15) is 5.26 Å². The van der Waals surface area contributed by atoms with Gasteiger partial charge < -0.3 is 9.47 Å². The van der Waals surface area contributed by atoms with Crippen molar-refractivity contribution in [1.29, 1.82) is 5.26 Å². The summed E-state index contributed by atoms with van der Waals surface area (Å²) < 4.78 is 9.30. The van der Waals surface area contributed by atoms with E-state index in [9.17, 15) is 9.59 Å². The Morgan fingerprint density at radius 2 is 2.06 bits per heavy atom. The molecule has 0 saturated carbocycles. The maximum atomic E-state index is 11.3. The van der Waals surface area contributed by atoms with E-state index in [-0.39, 0.29) is 31.5 Å². The third-order valence-corrected chi connectivity index (χ3v) is 2.02. The van der Waals surface area contributed by atoms with E-state index in [0.29, 0.717) is 12.8 Å². The molecular formula is C12H15NO4. The van der Waals surface area contributed by atoms with Crippen LogP contribution in [0.3, 0.4) is 0 Å². The number of hydrogen-bond donors (Lipinski definition) is 0. The number of carbonyl (C=O) groups is 2. The zero-order valence-corrected chi connectivity index (χ0v) is 9.77. The molecule has 1 unspecified atom stereocenters. The molecule has 0 bridgehead atoms. The largest absolute Gasteiger partial charge is 0.452 e. The van der Waals surface area contributed by atoms with E-state index in [4.69, 9.17) is 16.4 Å². The van der Waals surface area contributed by atoms with Gasteiger partial charge in [-0.1, -0.05) is 12.8 Å². The molecule has 0 fully saturated rings. The maximum Gasteiger partial charge on any atom is 0.309 e. The average molecular weight is 237 g/mol. The quantitative estimate of drug-likeness (QED) is 0.488. The lowest BCUT2D eigenvalue weighted by molar-refractivity contribution is -0.147. The van der Waals surface area contributed by atoms with Crippen LogP contribution >= 0.6 is 0 Å². The minimum atomic E-state index is -0.434. The van der Waals surface area contributed by atoms with E-state index in [0.717, 1.165) is 0 Å². The molecule has 0 aromatic heterocycles. The second kappa shape index (κ2) is 9.23. The van der Waals surface area contributed by atoms with Gasteiger partial charge in [0.05, 0.1) is 5.92 Å². The molecule has 0 saturated heterocycles. The molecule has 0 aliphatic rings. The first-order chi connectivity index (χ1) is 8.11. The molecule has 0 N–H and O–H groups in total. The molecule has 0 radical (unpaired) electrons. The van der Waals surface area contributed by atoms with E-state index < -0.39 is 5.97 Å². The SMILES string of the molecule is C#CCOC(=O)C(C)CCCC(=O)OCC#N. The number of rotatable bonds is 7. The fraction of sp³-hybridized carbons (Fsp3) is 0.583. The van der Waals surface area contributed by atoms with Gasteiger partial charge in [0, 0.05) is 6.42 Å². The Morgan fingerprint density at radius 1 is 1.35 bits per heavy atom. The molecule has 0 aromatic rings. The normalized spacial score (nSPS) is 10.8. The van der Waals surface area contributed by atoms with Gasteiger partial charge in [-0.15, -0.1) is 6.42 Å². The molecule has 0 aliphatic carbocycles. The maximum absolute atomic E-state index is 11.3. The van der Waals surface area contributed by atoms with Crippen LogP contribution < -0.4 is 0 Å². The van der Waals surface area contributed by atoms with Crippen LogP contribution in [0.1, 0.15) is 26.2 Å². The minimum Gasteiger partial charge on any atom is -0.452 e. The zero-order chi connectivity index (χ0) is 13.1. The van der Waals surface area contributed by atoms with Crippen LogP contribution in [0.2, 0.25) is 0 Å². The summed E-state index contributed by atoms with van der Waals surface area (Å²) in [5.74, 6) is 1.10. The second-order valence-electron chi connectivity index (χ2n) is 3.42. The Labute approximate surface area is 101 Å². The van der Waals surface area contributed by atoms with E-state index in [1.165, 1.54) is 0 Å². The Hall–Kier alpha value is -2.01. The first-order valence-corrected chi connectivity index (χ1v) is 5.24. The molecule has 5 heteroatoms. The molecule has 0 rings (SSSR count). The number of esters is 2. The van der Waals surface area contributed by atoms with Crippen LogP contribution in [0.25, 0.3) is 0 Å². The molecule has 0 aromatic carbocycles. The van der Waals surface area contributed by atoms with Gasteiger partial charge in [0.25, 0.3) is 0 Å². The van der Waals surface area contributed by atoms with Crippen molar-refractivity contribution in [2.24, 2.45) is 5.92 Å². The van der Waals surface area contributed by atoms with Gasteiger partial charge in [0.1, 0.15) is 6.07 Å². The van der Waals surface area contributed by atoms with Crippen molar-refractivity contribution in [3.8, 4) is 18.4 Å². The first kappa shape index (κ1) is 15.0. The molecule has 92 valence electrons. The van der Waals surface area contributed by atoms with Crippen LogP contribution in [0.5, 0.6) is 0 Å². The van der Waals surface area contributed by atoms with Gasteiger partial charge in [0.15, 0.2) is 13.2 Å². The lowest BCUT2D eigenvalue weighted by atomic mass is 10.0. The van der Waals surface area contributed by atoms with Crippen molar-refractivity contribution in [1.82, 2.24) is 0 Å². The molecule has 0 spiro atoms. The smallest absolute Gasteiger partial charge is 0.309 e. The van der Waals surface area contributed by atoms with Gasteiger partial charge >= 0.3 is 11.9 Å². The zero-order valence-electron chi connectivity index (χ0n) is 9.77. The monoisotopic (exact) mass is 237 g/mol. The number of nitrogens with zero attached hydrogens (tertiary/aromatic N) is 1. The summed E-state index contributed by atoms with van der Waals surface area (Å²) >= 11 is 0. The highest BCUT2D eigenvalue weighted by atomic mass is 16.5. The van der Waals surface area contributed by atoms with Crippen LogP contribution in [-0.2, 0) is 19.1 Å². The summed E-state index contributed by atoms with van der Waals surface area (Å²) in [6.07, 6.45) is 6.17. The predicted octanol–water partition coefficient (Wildman–Crippen LogP) is 1.04. The van der Waals surface area contributed by atoms with E-state index in [1.807, 2.05) is 0 Å². The summed E-state index contributed by atoms with van der Waals surface area (Å²) in [5.41, 5.74) is 0. The third kappa shape index (κ3) is 7.87. The van der Waals surface area contributed by atoms with E-state index >= 15 is 0 Å². The highest BCUT2D eigenvalue weighted by molar-refractivity contribution is 5.72. The molecule has 17 heavy (non-hydrogen) atoms. The lowest BCUT2D eigenvalue weighted by Crippen LogP contribution is -2.15. The van der Waals surface area contributed by atoms with Gasteiger partial charge in [0.2, 0.25) is 0 Å². The second-order valence-corrected chi connectivity index (χ2v) is 3.42. The fourth-order valence-electron chi connectivity index (χ4n) is 1.11. The molecule has 0 amide bonds. The van der Waals surface area contributed by atoms with Crippen molar-refractivity contribution in [2.75, 3.05) is 13.2 Å². The molecule has 5 nitrogen and oxygen atoms in total. The van der Waals surface area contributed by atoms with Crippen LogP contribution in [0.4, 0.5) is 0 Å². The molecule has 1 atom stereocenters. The summed E-state index contributed by atoms with van der Waals surface area (Å²) in [7, 11) is 0. The highest BCUT2D eigenvalue weighted by Crippen LogP contribution is 2.10. The van der Waals surface area contributed by atoms with Crippen LogP contribution in [0, 0.1) is 29.6 Å². The molecule has 0 heterocycles. The summed E-state index contributed by atoms with van der Waals surface area (Å²) in [6, 6.07) is 1.70. The van der Waals surface area contributed by atoms with Crippen molar-refractivity contribution in [2.45, 2.75) is 26.2 Å². The predicted molar refractivity (Wildman–Crippen MR) is 59.4 cm³/mol. The van der Waals surface area contributed by atoms with Crippen molar-refractivity contribution in [3.63, 3.8) is 0 Å². The lowest BCUT2D eigenvalue weighted by Gasteiger charge is -2.09. The number of carbonyl (C=O) groups excluding carboxylic acids is 2. The third-order valence-electron chi connectivity index (χ3n) is 2.02. The molecular weight excluding hydrogens is 222 g/mol. The Kier molecular flexibility index (Phi) is 8.14. The minimum absolute atomic E-state index is 0.0343. The molecule has 0 aliphatic heterocycles. The van der Waals surface area contributed by atoms with Crippen molar-refractivity contribution < 1.29 is 19.1 Å². The summed E-state index contributed by atoms with van der Waals surface area (Å²) in [5, 5.41) is 8.18.